The van der Waals surface area contributed by atoms with Crippen LogP contribution in [0.2, 0.25) is 0 Å². The fourth-order valence-electron chi connectivity index (χ4n) is 6.57. The van der Waals surface area contributed by atoms with E-state index in [-0.39, 0.29) is 29.8 Å². The minimum atomic E-state index is -0.228. The Bertz CT molecular complexity index is 1390. The third kappa shape index (κ3) is 3.24. The molecule has 4 nitrogen and oxygen atoms in total. The van der Waals surface area contributed by atoms with Crippen LogP contribution in [0.4, 0.5) is 0 Å². The number of furan rings is 2. The molecule has 0 saturated carbocycles. The zero-order chi connectivity index (χ0) is 22.5. The van der Waals surface area contributed by atoms with Crippen molar-refractivity contribution in [1.82, 2.24) is 4.57 Å². The van der Waals surface area contributed by atoms with E-state index in [1.54, 1.807) is 12.5 Å². The van der Waals surface area contributed by atoms with Gasteiger partial charge in [0.25, 0.3) is 5.82 Å². The van der Waals surface area contributed by atoms with Gasteiger partial charge in [-0.2, -0.15) is 0 Å². The van der Waals surface area contributed by atoms with E-state index >= 15 is 0 Å². The standard InChI is InChI=1S/C30H27N2O2.ClH/c1-2-7-22(8-3-1)9-6-14-31-15-16-32-27-19-30(23-12-17-33-20-23,24-13-18-34-21-24)28(29(31)32)26-11-5-4-10-25(26)27;/h1-5,7-8,10-13,15-18,20-21,27-28H,6,9,14,19H2;1H/q+1;/p-1/t27-,28+;/m1./s1. The van der Waals surface area contributed by atoms with Gasteiger partial charge in [-0.05, 0) is 36.1 Å². The third-order valence-electron chi connectivity index (χ3n) is 8.01. The number of imidazole rings is 1. The second-order valence-electron chi connectivity index (χ2n) is 9.62. The highest BCUT2D eigenvalue weighted by Crippen LogP contribution is 2.59. The van der Waals surface area contributed by atoms with Crippen molar-refractivity contribution in [3.8, 4) is 0 Å². The fraction of sp³-hybridized carbons (Fsp3) is 0.233. The number of nitrogens with zero attached hydrogens (tertiary/aromatic N) is 2. The molecule has 176 valence electrons. The van der Waals surface area contributed by atoms with Crippen LogP contribution in [-0.4, -0.2) is 4.57 Å². The predicted octanol–water partition coefficient (Wildman–Crippen LogP) is 3.02. The van der Waals surface area contributed by atoms with E-state index in [2.05, 4.69) is 88.3 Å². The van der Waals surface area contributed by atoms with Gasteiger partial charge in [-0.3, -0.25) is 0 Å². The average Bonchev–Trinajstić information content (AvgIpc) is 3.68. The Morgan fingerprint density at radius 3 is 2.23 bits per heavy atom. The van der Waals surface area contributed by atoms with Crippen LogP contribution in [0, 0.1) is 0 Å². The number of aryl methyl sites for hydroxylation is 2. The van der Waals surface area contributed by atoms with Gasteiger partial charge < -0.3 is 21.2 Å². The van der Waals surface area contributed by atoms with Crippen molar-refractivity contribution >= 4 is 0 Å². The molecule has 2 bridgehead atoms. The van der Waals surface area contributed by atoms with Gasteiger partial charge in [0.15, 0.2) is 0 Å². The molecule has 1 aliphatic carbocycles. The van der Waals surface area contributed by atoms with Crippen molar-refractivity contribution in [1.29, 1.82) is 0 Å². The third-order valence-corrected chi connectivity index (χ3v) is 8.01. The smallest absolute Gasteiger partial charge is 0.265 e. The fourth-order valence-corrected chi connectivity index (χ4v) is 6.57. The van der Waals surface area contributed by atoms with Crippen LogP contribution in [0.1, 0.15) is 58.4 Å². The second-order valence-corrected chi connectivity index (χ2v) is 9.62. The minimum absolute atomic E-state index is 0. The van der Waals surface area contributed by atoms with Crippen LogP contribution in [0.15, 0.2) is 113 Å². The molecule has 0 fully saturated rings. The van der Waals surface area contributed by atoms with Crippen LogP contribution in [0.25, 0.3) is 0 Å². The van der Waals surface area contributed by atoms with Crippen molar-refractivity contribution in [2.24, 2.45) is 0 Å². The summed E-state index contributed by atoms with van der Waals surface area (Å²) in [6.07, 6.45) is 15.2. The van der Waals surface area contributed by atoms with Crippen LogP contribution in [-0.2, 0) is 18.4 Å². The molecular weight excluding hydrogens is 456 g/mol. The monoisotopic (exact) mass is 482 g/mol. The van der Waals surface area contributed by atoms with E-state index < -0.39 is 0 Å². The Morgan fingerprint density at radius 2 is 1.54 bits per heavy atom. The molecule has 0 unspecified atom stereocenters. The molecule has 0 N–H and O–H groups in total. The van der Waals surface area contributed by atoms with Gasteiger partial charge in [0, 0.05) is 28.5 Å². The van der Waals surface area contributed by atoms with Crippen LogP contribution >= 0.6 is 0 Å². The molecule has 0 radical (unpaired) electrons. The molecule has 3 aliphatic rings. The van der Waals surface area contributed by atoms with E-state index in [0.717, 1.165) is 25.8 Å². The van der Waals surface area contributed by atoms with Gasteiger partial charge >= 0.3 is 0 Å². The van der Waals surface area contributed by atoms with Gasteiger partial charge in [-0.25, -0.2) is 9.13 Å². The van der Waals surface area contributed by atoms with E-state index in [9.17, 15) is 0 Å². The van der Waals surface area contributed by atoms with E-state index in [1.807, 2.05) is 12.5 Å². The number of aromatic nitrogens is 2. The van der Waals surface area contributed by atoms with E-state index in [4.69, 9.17) is 8.83 Å². The topological polar surface area (TPSA) is 35.1 Å². The van der Waals surface area contributed by atoms with Gasteiger partial charge in [-0.1, -0.05) is 54.6 Å². The predicted molar refractivity (Wildman–Crippen MR) is 129 cm³/mol. The first-order valence-corrected chi connectivity index (χ1v) is 12.1. The van der Waals surface area contributed by atoms with Gasteiger partial charge in [-0.15, -0.1) is 0 Å². The molecule has 2 aromatic carbocycles. The summed E-state index contributed by atoms with van der Waals surface area (Å²) in [5.74, 6) is 1.56. The first-order chi connectivity index (χ1) is 16.9. The maximum atomic E-state index is 5.66. The lowest BCUT2D eigenvalue weighted by molar-refractivity contribution is -0.732. The number of halogens is 1. The largest absolute Gasteiger partial charge is 1.00 e. The van der Waals surface area contributed by atoms with Crippen molar-refractivity contribution in [3.05, 3.63) is 138 Å². The summed E-state index contributed by atoms with van der Waals surface area (Å²) < 4.78 is 16.3. The zero-order valence-corrected chi connectivity index (χ0v) is 20.1. The first kappa shape index (κ1) is 22.0. The Balaban J connectivity index is 0.00000229. The summed E-state index contributed by atoms with van der Waals surface area (Å²) in [6, 6.07) is 24.3. The highest BCUT2D eigenvalue weighted by molar-refractivity contribution is 5.53. The van der Waals surface area contributed by atoms with Gasteiger partial charge in [0.1, 0.15) is 24.4 Å². The Labute approximate surface area is 211 Å². The summed E-state index contributed by atoms with van der Waals surface area (Å²) >= 11 is 0. The van der Waals surface area contributed by atoms with E-state index in [0.29, 0.717) is 0 Å². The summed E-state index contributed by atoms with van der Waals surface area (Å²) in [6.45, 7) is 0.996. The maximum Gasteiger partial charge on any atom is 0.265 e. The first-order valence-electron chi connectivity index (χ1n) is 12.1. The normalized spacial score (nSPS) is 19.1. The van der Waals surface area contributed by atoms with Crippen molar-refractivity contribution in [3.63, 3.8) is 0 Å². The Hall–Kier alpha value is -3.50. The molecule has 0 amide bonds. The number of fused-ring (bicyclic) bond motifs is 1. The van der Waals surface area contributed by atoms with Crippen molar-refractivity contribution < 1.29 is 25.8 Å². The summed E-state index contributed by atoms with van der Waals surface area (Å²) in [4.78, 5) is 0. The van der Waals surface area contributed by atoms with Crippen LogP contribution in [0.3, 0.4) is 0 Å². The molecule has 0 spiro atoms. The lowest BCUT2D eigenvalue weighted by Crippen LogP contribution is -3.00. The number of rotatable bonds is 6. The molecule has 0 saturated heterocycles. The number of hydrogen-bond donors (Lipinski definition) is 0. The molecule has 5 heterocycles. The van der Waals surface area contributed by atoms with Crippen LogP contribution in [0.5, 0.6) is 0 Å². The number of benzene rings is 2. The quantitative estimate of drug-likeness (QED) is 0.349. The molecule has 5 aromatic rings. The highest BCUT2D eigenvalue weighted by atomic mass is 35.5. The Kier molecular flexibility index (Phi) is 5.42. The van der Waals surface area contributed by atoms with Crippen LogP contribution < -0.4 is 17.0 Å². The molecular formula is C30H27ClN2O2. The molecule has 8 rings (SSSR count). The van der Waals surface area contributed by atoms with Gasteiger partial charge in [0.05, 0.1) is 31.6 Å². The second kappa shape index (κ2) is 8.62. The minimum Gasteiger partial charge on any atom is -1.00 e. The Morgan fingerprint density at radius 1 is 0.857 bits per heavy atom. The highest BCUT2D eigenvalue weighted by Gasteiger charge is 2.60. The molecule has 5 heteroatoms. The molecule has 3 aromatic heterocycles. The summed E-state index contributed by atoms with van der Waals surface area (Å²) in [5, 5.41) is 0. The lowest BCUT2D eigenvalue weighted by Gasteiger charge is -2.49. The molecule has 35 heavy (non-hydrogen) atoms. The van der Waals surface area contributed by atoms with E-state index in [1.165, 1.54) is 33.6 Å². The summed E-state index contributed by atoms with van der Waals surface area (Å²) in [7, 11) is 0. The lowest BCUT2D eigenvalue weighted by atomic mass is 9.55. The maximum absolute atomic E-state index is 5.66. The number of hydrogen-bond acceptors (Lipinski definition) is 2. The molecule has 2 aliphatic heterocycles. The summed E-state index contributed by atoms with van der Waals surface area (Å²) in [5.41, 5.74) is 6.48. The van der Waals surface area contributed by atoms with Crippen molar-refractivity contribution in [2.75, 3.05) is 0 Å². The van der Waals surface area contributed by atoms with Gasteiger partial charge in [0.2, 0.25) is 0 Å². The van der Waals surface area contributed by atoms with Crippen molar-refractivity contribution in [2.45, 2.75) is 43.2 Å². The average molecular weight is 483 g/mol. The molecule has 2 atom stereocenters. The zero-order valence-electron chi connectivity index (χ0n) is 19.4. The SMILES string of the molecule is [Cl-].c1ccc(CCCn2cc[n+]3c2[C@@H]2c4ccccc4[C@H]3CC2(c2ccoc2)c2ccoc2)cc1.